The molecule has 2 aromatic heterocycles. The molecule has 12 nitrogen and oxygen atoms in total. The summed E-state index contributed by atoms with van der Waals surface area (Å²) in [4.78, 5) is 44.6. The fourth-order valence-corrected chi connectivity index (χ4v) is 2.42. The van der Waals surface area contributed by atoms with Crippen LogP contribution in [0, 0.1) is 10.8 Å². The van der Waals surface area contributed by atoms with E-state index >= 15 is 0 Å². The molecule has 0 saturated heterocycles. The normalized spacial score (nSPS) is 12.3. The Morgan fingerprint density at radius 2 is 2.19 bits per heavy atom. The van der Waals surface area contributed by atoms with E-state index in [1.165, 1.54) is 17.9 Å². The van der Waals surface area contributed by atoms with Crippen LogP contribution in [0.15, 0.2) is 16.4 Å². The molecule has 1 atom stereocenters. The highest BCUT2D eigenvalue weighted by atomic mass is 16.6. The van der Waals surface area contributed by atoms with Gasteiger partial charge in [-0.3, -0.25) is 14.3 Å². The maximum atomic E-state index is 12.0. The number of carbonyl (C=O) groups is 1. The molecule has 2 rings (SSSR count). The number of fused-ring (bicyclic) bond motifs is 1. The topological polar surface area (TPSA) is 158 Å². The number of esters is 1. The molecule has 0 bridgehead atoms. The molecule has 26 heavy (non-hydrogen) atoms. The Morgan fingerprint density at radius 3 is 2.85 bits per heavy atom. The third-order valence-corrected chi connectivity index (χ3v) is 3.60. The molecular weight excluding hydrogens is 346 g/mol. The van der Waals surface area contributed by atoms with Gasteiger partial charge in [0.1, 0.15) is 19.4 Å². The predicted molar refractivity (Wildman–Crippen MR) is 91.7 cm³/mol. The van der Waals surface area contributed by atoms with Gasteiger partial charge in [0.15, 0.2) is 11.2 Å². The lowest BCUT2D eigenvalue weighted by Gasteiger charge is -2.24. The largest absolute Gasteiger partial charge is 0.462 e. The van der Waals surface area contributed by atoms with Crippen molar-refractivity contribution in [1.82, 2.24) is 24.5 Å². The van der Waals surface area contributed by atoms with Gasteiger partial charge in [-0.1, -0.05) is 13.8 Å². The Balaban J connectivity index is 1.85. The van der Waals surface area contributed by atoms with E-state index < -0.39 is 17.6 Å². The summed E-state index contributed by atoms with van der Waals surface area (Å²) < 4.78 is 12.0. The maximum absolute atomic E-state index is 12.0. The van der Waals surface area contributed by atoms with E-state index in [0.29, 0.717) is 5.65 Å². The van der Waals surface area contributed by atoms with Gasteiger partial charge in [-0.05, 0) is 5.92 Å². The maximum Gasteiger partial charge on any atom is 0.330 e. The number of imidazole rings is 1. The van der Waals surface area contributed by atoms with Crippen molar-refractivity contribution in [1.29, 1.82) is 0 Å². The van der Waals surface area contributed by atoms with E-state index in [4.69, 9.17) is 15.2 Å². The summed E-state index contributed by atoms with van der Waals surface area (Å²) in [7, 11) is 1.42. The summed E-state index contributed by atoms with van der Waals surface area (Å²) in [5, 5.41) is 3.78. The highest BCUT2D eigenvalue weighted by molar-refractivity contribution is 5.76. The predicted octanol–water partition coefficient (Wildman–Crippen LogP) is -0.143. The molecule has 0 aliphatic heterocycles. The van der Waals surface area contributed by atoms with Crippen LogP contribution in [0.1, 0.15) is 13.8 Å². The summed E-state index contributed by atoms with van der Waals surface area (Å²) in [6.07, 6.45) is 1.40. The molecule has 0 spiro atoms. The molecule has 0 radical (unpaired) electrons. The number of nitroso groups, excluding NO2 is 1. The molecule has 0 aliphatic carbocycles. The van der Waals surface area contributed by atoms with Gasteiger partial charge in [-0.25, -0.2) is 14.8 Å². The van der Waals surface area contributed by atoms with Crippen molar-refractivity contribution in [2.45, 2.75) is 26.6 Å². The average molecular weight is 367 g/mol. The Kier molecular flexibility index (Phi) is 6.22. The number of aromatic nitrogens is 4. The Morgan fingerprint density at radius 1 is 1.46 bits per heavy atom. The van der Waals surface area contributed by atoms with E-state index in [0.717, 1.165) is 5.01 Å². The lowest BCUT2D eigenvalue weighted by molar-refractivity contribution is -0.153. The minimum Gasteiger partial charge on any atom is -0.462 e. The number of likely N-dealkylation sites (N-methyl/N-ethyl adjacent to an activating group) is 1. The minimum atomic E-state index is -0.760. The van der Waals surface area contributed by atoms with Crippen molar-refractivity contribution >= 4 is 23.1 Å². The molecule has 0 aliphatic rings. The molecule has 2 aromatic rings. The van der Waals surface area contributed by atoms with E-state index in [9.17, 15) is 14.5 Å². The summed E-state index contributed by atoms with van der Waals surface area (Å²) >= 11 is 0. The fourth-order valence-electron chi connectivity index (χ4n) is 2.42. The van der Waals surface area contributed by atoms with Crippen molar-refractivity contribution in [2.75, 3.05) is 26.0 Å². The van der Waals surface area contributed by atoms with Crippen LogP contribution >= 0.6 is 0 Å². The first-order valence-corrected chi connectivity index (χ1v) is 7.86. The van der Waals surface area contributed by atoms with Crippen molar-refractivity contribution in [3.8, 4) is 0 Å². The zero-order valence-corrected chi connectivity index (χ0v) is 14.7. The van der Waals surface area contributed by atoms with Crippen molar-refractivity contribution in [2.24, 2.45) is 11.2 Å². The van der Waals surface area contributed by atoms with Crippen molar-refractivity contribution in [3.05, 3.63) is 21.6 Å². The number of nitrogens with zero attached hydrogens (tertiary/aromatic N) is 5. The van der Waals surface area contributed by atoms with Crippen molar-refractivity contribution in [3.63, 3.8) is 0 Å². The van der Waals surface area contributed by atoms with Crippen molar-refractivity contribution < 1.29 is 14.3 Å². The number of carbonyl (C=O) groups excluding carboxylic acids is 1. The van der Waals surface area contributed by atoms with Crippen LogP contribution in [0.4, 0.5) is 5.95 Å². The molecule has 0 unspecified atom stereocenters. The summed E-state index contributed by atoms with van der Waals surface area (Å²) in [5.41, 5.74) is 5.52. The Labute approximate surface area is 148 Å². The fraction of sp³-hybridized carbons (Fsp3) is 0.571. The number of hydrogen-bond acceptors (Lipinski definition) is 9. The number of hydrogen-bond donors (Lipinski definition) is 2. The van der Waals surface area contributed by atoms with Crippen LogP contribution in [0.2, 0.25) is 0 Å². The number of nitrogens with one attached hydrogen (secondary N) is 1. The smallest absolute Gasteiger partial charge is 0.330 e. The third kappa shape index (κ3) is 4.33. The van der Waals surface area contributed by atoms with Gasteiger partial charge in [0.2, 0.25) is 5.95 Å². The van der Waals surface area contributed by atoms with Gasteiger partial charge in [0.05, 0.1) is 18.2 Å². The highest BCUT2D eigenvalue weighted by Gasteiger charge is 2.28. The second kappa shape index (κ2) is 8.38. The zero-order valence-electron chi connectivity index (χ0n) is 14.7. The Hall–Kier alpha value is -3.02. The van der Waals surface area contributed by atoms with Gasteiger partial charge in [-0.15, -0.1) is 4.91 Å². The number of nitrogens with two attached hydrogens (primary N) is 1. The summed E-state index contributed by atoms with van der Waals surface area (Å²) in [5.74, 6) is -0.719. The minimum absolute atomic E-state index is 0.00245. The molecule has 0 fully saturated rings. The highest BCUT2D eigenvalue weighted by Crippen LogP contribution is 2.11. The first-order chi connectivity index (χ1) is 12.3. The van der Waals surface area contributed by atoms with Crippen LogP contribution in [0.25, 0.3) is 11.2 Å². The zero-order chi connectivity index (χ0) is 19.3. The van der Waals surface area contributed by atoms with Gasteiger partial charge in [-0.2, -0.15) is 4.98 Å². The number of anilines is 1. The SMILES string of the molecule is CC(C)[C@@H](C(=O)OCCOCn1cnc2c(=O)[nH]c(N)nc21)N(C)N=O. The van der Waals surface area contributed by atoms with Gasteiger partial charge < -0.3 is 15.2 Å². The second-order valence-electron chi connectivity index (χ2n) is 5.89. The molecule has 142 valence electrons. The van der Waals surface area contributed by atoms with E-state index in [-0.39, 0.29) is 37.3 Å². The number of aromatic amines is 1. The summed E-state index contributed by atoms with van der Waals surface area (Å²) in [6, 6.07) is -0.760. The molecule has 0 amide bonds. The average Bonchev–Trinajstić information content (AvgIpc) is 2.97. The Bertz CT molecular complexity index is 831. The van der Waals surface area contributed by atoms with E-state index in [2.05, 4.69) is 20.2 Å². The van der Waals surface area contributed by atoms with Gasteiger partial charge >= 0.3 is 5.97 Å². The molecule has 2 heterocycles. The number of ether oxygens (including phenoxy) is 2. The lowest BCUT2D eigenvalue weighted by Crippen LogP contribution is -2.40. The van der Waals surface area contributed by atoms with Crippen LogP contribution in [0.5, 0.6) is 0 Å². The molecule has 12 heteroatoms. The number of rotatable bonds is 9. The van der Waals surface area contributed by atoms with E-state index in [1.807, 2.05) is 0 Å². The molecule has 0 saturated carbocycles. The van der Waals surface area contributed by atoms with Gasteiger partial charge in [0, 0.05) is 7.05 Å². The second-order valence-corrected chi connectivity index (χ2v) is 5.89. The standard InChI is InChI=1S/C14H21N7O5/c1-8(2)10(20(3)19-24)13(23)26-5-4-25-7-21-6-16-9-11(21)17-14(15)18-12(9)22/h6,8,10H,4-5,7H2,1-3H3,(H3,15,17,18,22)/t10-/m0/s1. The van der Waals surface area contributed by atoms with E-state index in [1.54, 1.807) is 13.8 Å². The summed E-state index contributed by atoms with van der Waals surface area (Å²) in [6.45, 7) is 3.72. The lowest BCUT2D eigenvalue weighted by atomic mass is 10.0. The van der Waals surface area contributed by atoms with Crippen LogP contribution in [-0.2, 0) is 21.0 Å². The third-order valence-electron chi connectivity index (χ3n) is 3.60. The van der Waals surface area contributed by atoms with Crippen LogP contribution in [-0.4, -0.2) is 56.8 Å². The first-order valence-electron chi connectivity index (χ1n) is 7.86. The number of H-pyrrole nitrogens is 1. The van der Waals surface area contributed by atoms with Gasteiger partial charge in [0.25, 0.3) is 5.56 Å². The quantitative estimate of drug-likeness (QED) is 0.266. The molecular formula is C14H21N7O5. The number of nitrogen functional groups attached to an aromatic ring is 1. The molecule has 0 aromatic carbocycles. The molecule has 3 N–H and O–H groups in total. The van der Waals surface area contributed by atoms with Crippen LogP contribution in [0.3, 0.4) is 0 Å². The monoisotopic (exact) mass is 367 g/mol. The van der Waals surface area contributed by atoms with Crippen LogP contribution < -0.4 is 11.3 Å². The first kappa shape index (κ1) is 19.3.